The molecule has 2 aromatic carbocycles. The number of nitrogens with one attached hydrogen (secondary N) is 1. The molecular formula is C24H30N2O3. The summed E-state index contributed by atoms with van der Waals surface area (Å²) < 4.78 is 10.9. The maximum absolute atomic E-state index is 12.7. The molecule has 154 valence electrons. The summed E-state index contributed by atoms with van der Waals surface area (Å²) in [7, 11) is 1.71. The number of rotatable bonds is 6. The van der Waals surface area contributed by atoms with E-state index in [1.54, 1.807) is 7.11 Å². The van der Waals surface area contributed by atoms with Gasteiger partial charge in [0.1, 0.15) is 5.75 Å². The van der Waals surface area contributed by atoms with Crippen molar-refractivity contribution < 1.29 is 14.3 Å². The Bertz CT molecular complexity index is 832. The molecule has 0 bridgehead atoms. The first kappa shape index (κ1) is 19.9. The summed E-state index contributed by atoms with van der Waals surface area (Å²) in [4.78, 5) is 15.1. The highest BCUT2D eigenvalue weighted by Crippen LogP contribution is 2.30. The second kappa shape index (κ2) is 9.42. The molecule has 0 spiro atoms. The summed E-state index contributed by atoms with van der Waals surface area (Å²) in [6, 6.07) is 16.9. The third-order valence-corrected chi connectivity index (χ3v) is 5.90. The third-order valence-electron chi connectivity index (χ3n) is 5.90. The number of carbonyl (C=O) groups is 1. The van der Waals surface area contributed by atoms with E-state index in [2.05, 4.69) is 40.5 Å². The van der Waals surface area contributed by atoms with Crippen LogP contribution in [0.5, 0.6) is 5.75 Å². The van der Waals surface area contributed by atoms with Crippen molar-refractivity contribution in [3.05, 3.63) is 54.1 Å². The molecule has 0 aliphatic carbocycles. The van der Waals surface area contributed by atoms with Crippen LogP contribution in [0.25, 0.3) is 11.1 Å². The Kier molecular flexibility index (Phi) is 6.47. The zero-order valence-corrected chi connectivity index (χ0v) is 17.1. The van der Waals surface area contributed by atoms with Crippen molar-refractivity contribution in [2.45, 2.75) is 31.8 Å². The number of benzene rings is 2. The molecule has 2 fully saturated rings. The van der Waals surface area contributed by atoms with Crippen LogP contribution in [0.15, 0.2) is 48.5 Å². The summed E-state index contributed by atoms with van der Waals surface area (Å²) in [6.07, 6.45) is 2.96. The Morgan fingerprint density at radius 1 is 1.21 bits per heavy atom. The van der Waals surface area contributed by atoms with Gasteiger partial charge in [-0.05, 0) is 49.1 Å². The van der Waals surface area contributed by atoms with E-state index in [4.69, 9.17) is 9.47 Å². The molecule has 1 amide bonds. The Morgan fingerprint density at radius 2 is 2.10 bits per heavy atom. The average Bonchev–Trinajstić information content (AvgIpc) is 3.27. The molecule has 2 saturated heterocycles. The number of para-hydroxylation sites is 1. The highest BCUT2D eigenvalue weighted by Gasteiger charge is 2.28. The predicted octanol–water partition coefficient (Wildman–Crippen LogP) is 3.48. The van der Waals surface area contributed by atoms with Crippen molar-refractivity contribution in [3.8, 4) is 16.9 Å². The molecule has 2 heterocycles. The van der Waals surface area contributed by atoms with E-state index in [0.29, 0.717) is 6.61 Å². The van der Waals surface area contributed by atoms with Crippen molar-refractivity contribution in [1.29, 1.82) is 0 Å². The number of carbonyl (C=O) groups excluding carboxylic acids is 1. The van der Waals surface area contributed by atoms with Gasteiger partial charge >= 0.3 is 0 Å². The molecule has 2 atom stereocenters. The molecular weight excluding hydrogens is 364 g/mol. The number of ether oxygens (including phenoxy) is 2. The molecule has 4 rings (SSSR count). The first-order valence-corrected chi connectivity index (χ1v) is 10.6. The van der Waals surface area contributed by atoms with Crippen molar-refractivity contribution in [3.63, 3.8) is 0 Å². The molecule has 29 heavy (non-hydrogen) atoms. The second-order valence-corrected chi connectivity index (χ2v) is 8.04. The standard InChI is InChI=1S/C24H30N2O3/c1-28-23-10-3-2-9-22(23)19-7-4-6-18(14-19)15-26-12-5-8-20(16-26)24(27)25-21-11-13-29-17-21/h2-4,6-7,9-10,14,20-21H,5,8,11-13,15-17H2,1H3,(H,25,27). The zero-order valence-electron chi connectivity index (χ0n) is 17.1. The van der Waals surface area contributed by atoms with Crippen LogP contribution in [0, 0.1) is 5.92 Å². The minimum absolute atomic E-state index is 0.0711. The Labute approximate surface area is 173 Å². The van der Waals surface area contributed by atoms with E-state index in [0.717, 1.165) is 62.4 Å². The summed E-state index contributed by atoms with van der Waals surface area (Å²) in [5.74, 6) is 1.14. The van der Waals surface area contributed by atoms with Gasteiger partial charge in [-0.2, -0.15) is 0 Å². The lowest BCUT2D eigenvalue weighted by Gasteiger charge is -2.32. The van der Waals surface area contributed by atoms with Gasteiger partial charge in [0.25, 0.3) is 0 Å². The molecule has 0 aromatic heterocycles. The van der Waals surface area contributed by atoms with E-state index < -0.39 is 0 Å². The first-order valence-electron chi connectivity index (χ1n) is 10.6. The van der Waals surface area contributed by atoms with Gasteiger partial charge in [-0.3, -0.25) is 9.69 Å². The lowest BCUT2D eigenvalue weighted by atomic mass is 9.95. The Balaban J connectivity index is 1.40. The number of methoxy groups -OCH3 is 1. The molecule has 2 aliphatic heterocycles. The van der Waals surface area contributed by atoms with Crippen LogP contribution in [0.4, 0.5) is 0 Å². The molecule has 2 aliphatic rings. The van der Waals surface area contributed by atoms with Gasteiger partial charge < -0.3 is 14.8 Å². The van der Waals surface area contributed by atoms with E-state index in [1.807, 2.05) is 18.2 Å². The summed E-state index contributed by atoms with van der Waals surface area (Å²) in [5.41, 5.74) is 3.53. The number of hydrogen-bond donors (Lipinski definition) is 1. The highest BCUT2D eigenvalue weighted by molar-refractivity contribution is 5.79. The van der Waals surface area contributed by atoms with Gasteiger partial charge in [0.2, 0.25) is 5.91 Å². The number of hydrogen-bond acceptors (Lipinski definition) is 4. The van der Waals surface area contributed by atoms with E-state index in [-0.39, 0.29) is 17.9 Å². The Hall–Kier alpha value is -2.37. The van der Waals surface area contributed by atoms with Gasteiger partial charge in [-0.15, -0.1) is 0 Å². The largest absolute Gasteiger partial charge is 0.496 e. The minimum Gasteiger partial charge on any atom is -0.496 e. The summed E-state index contributed by atoms with van der Waals surface area (Å²) >= 11 is 0. The van der Waals surface area contributed by atoms with Crippen LogP contribution in [-0.2, 0) is 16.1 Å². The van der Waals surface area contributed by atoms with Gasteiger partial charge in [-0.25, -0.2) is 0 Å². The summed E-state index contributed by atoms with van der Waals surface area (Å²) in [5, 5.41) is 3.17. The van der Waals surface area contributed by atoms with Crippen LogP contribution in [-0.4, -0.2) is 50.3 Å². The van der Waals surface area contributed by atoms with E-state index >= 15 is 0 Å². The molecule has 2 aromatic rings. The lowest BCUT2D eigenvalue weighted by molar-refractivity contribution is -0.127. The Morgan fingerprint density at radius 3 is 2.93 bits per heavy atom. The fraction of sp³-hybridized carbons (Fsp3) is 0.458. The monoisotopic (exact) mass is 394 g/mol. The van der Waals surface area contributed by atoms with Crippen LogP contribution in [0.2, 0.25) is 0 Å². The van der Waals surface area contributed by atoms with Gasteiger partial charge in [-0.1, -0.05) is 36.4 Å². The lowest BCUT2D eigenvalue weighted by Crippen LogP contribution is -2.45. The maximum Gasteiger partial charge on any atom is 0.224 e. The van der Waals surface area contributed by atoms with E-state index in [9.17, 15) is 4.79 Å². The molecule has 5 heteroatoms. The number of piperidine rings is 1. The zero-order chi connectivity index (χ0) is 20.1. The number of likely N-dealkylation sites (tertiary alicyclic amines) is 1. The molecule has 5 nitrogen and oxygen atoms in total. The first-order chi connectivity index (χ1) is 14.2. The fourth-order valence-electron chi connectivity index (χ4n) is 4.36. The van der Waals surface area contributed by atoms with Crippen LogP contribution in [0.3, 0.4) is 0 Å². The van der Waals surface area contributed by atoms with Gasteiger partial charge in [0.05, 0.1) is 25.7 Å². The molecule has 2 unspecified atom stereocenters. The van der Waals surface area contributed by atoms with Crippen LogP contribution in [0.1, 0.15) is 24.8 Å². The SMILES string of the molecule is COc1ccccc1-c1cccc(CN2CCCC(C(=O)NC3CCOC3)C2)c1. The smallest absolute Gasteiger partial charge is 0.224 e. The van der Waals surface area contributed by atoms with Gasteiger partial charge in [0, 0.05) is 25.3 Å². The van der Waals surface area contributed by atoms with Crippen molar-refractivity contribution in [1.82, 2.24) is 10.2 Å². The maximum atomic E-state index is 12.7. The predicted molar refractivity (Wildman–Crippen MR) is 114 cm³/mol. The summed E-state index contributed by atoms with van der Waals surface area (Å²) in [6.45, 7) is 4.12. The van der Waals surface area contributed by atoms with Crippen LogP contribution >= 0.6 is 0 Å². The molecule has 0 saturated carbocycles. The normalized spacial score (nSPS) is 22.4. The van der Waals surface area contributed by atoms with Gasteiger partial charge in [0.15, 0.2) is 0 Å². The number of amides is 1. The van der Waals surface area contributed by atoms with Crippen molar-refractivity contribution in [2.75, 3.05) is 33.4 Å². The van der Waals surface area contributed by atoms with E-state index in [1.165, 1.54) is 5.56 Å². The minimum atomic E-state index is 0.0711. The molecule has 0 radical (unpaired) electrons. The van der Waals surface area contributed by atoms with Crippen molar-refractivity contribution in [2.24, 2.45) is 5.92 Å². The highest BCUT2D eigenvalue weighted by atomic mass is 16.5. The second-order valence-electron chi connectivity index (χ2n) is 8.04. The van der Waals surface area contributed by atoms with Crippen LogP contribution < -0.4 is 10.1 Å². The fourth-order valence-corrected chi connectivity index (χ4v) is 4.36. The number of nitrogens with zero attached hydrogens (tertiary/aromatic N) is 1. The van der Waals surface area contributed by atoms with Crippen molar-refractivity contribution >= 4 is 5.91 Å². The molecule has 1 N–H and O–H groups in total. The average molecular weight is 395 g/mol. The quantitative estimate of drug-likeness (QED) is 0.815. The third kappa shape index (κ3) is 4.98. The topological polar surface area (TPSA) is 50.8 Å².